The molecular weight excluding hydrogens is 320 g/mol. The van der Waals surface area contributed by atoms with E-state index in [0.29, 0.717) is 21.6 Å². The molecule has 0 bridgehead atoms. The molecule has 0 spiro atoms. The van der Waals surface area contributed by atoms with E-state index in [0.717, 1.165) is 10.9 Å². The quantitative estimate of drug-likeness (QED) is 0.443. The number of halogens is 1. The molecule has 0 unspecified atom stereocenters. The third kappa shape index (κ3) is 2.56. The van der Waals surface area contributed by atoms with E-state index in [9.17, 15) is 10.1 Å². The van der Waals surface area contributed by atoms with Crippen LogP contribution in [-0.2, 0) is 0 Å². The highest BCUT2D eigenvalue weighted by Gasteiger charge is 2.13. The third-order valence-electron chi connectivity index (χ3n) is 3.13. The normalized spacial score (nSPS) is 10.6. The Hall–Kier alpha value is -2.36. The van der Waals surface area contributed by atoms with Gasteiger partial charge in [0.2, 0.25) is 0 Å². The van der Waals surface area contributed by atoms with Crippen LogP contribution in [0.3, 0.4) is 0 Å². The molecule has 2 heterocycles. The number of aromatic nitrogens is 3. The zero-order chi connectivity index (χ0) is 15.7. The van der Waals surface area contributed by atoms with Crippen LogP contribution in [0.2, 0.25) is 5.15 Å². The smallest absolute Gasteiger partial charge is 0.270 e. The average molecular weight is 329 g/mol. The van der Waals surface area contributed by atoms with Gasteiger partial charge in [0.25, 0.3) is 5.56 Å². The Labute approximate surface area is 135 Å². The minimum absolute atomic E-state index is 0.000859. The number of thioether (sulfide) groups is 1. The second-order valence-corrected chi connectivity index (χ2v) is 5.63. The maximum absolute atomic E-state index is 12.0. The van der Waals surface area contributed by atoms with Gasteiger partial charge in [-0.1, -0.05) is 29.4 Å². The summed E-state index contributed by atoms with van der Waals surface area (Å²) >= 11 is 7.18. The van der Waals surface area contributed by atoms with E-state index < -0.39 is 5.56 Å². The molecule has 1 aromatic carbocycles. The number of nitrogens with one attached hydrogen (secondary N) is 1. The van der Waals surface area contributed by atoms with Crippen molar-refractivity contribution in [1.29, 1.82) is 5.26 Å². The van der Waals surface area contributed by atoms with Gasteiger partial charge in [0, 0.05) is 10.9 Å². The maximum Gasteiger partial charge on any atom is 0.270 e. The van der Waals surface area contributed by atoms with E-state index in [-0.39, 0.29) is 5.56 Å². The molecule has 3 rings (SSSR count). The van der Waals surface area contributed by atoms with Crippen molar-refractivity contribution in [3.8, 4) is 17.3 Å². The summed E-state index contributed by atoms with van der Waals surface area (Å²) < 4.78 is 0. The highest BCUT2D eigenvalue weighted by molar-refractivity contribution is 7.98. The largest absolute Gasteiger partial charge is 0.300 e. The van der Waals surface area contributed by atoms with Gasteiger partial charge in [-0.15, -0.1) is 0 Å². The molecular formula is C15H9ClN4OS. The molecule has 0 atom stereocenters. The Balaban J connectivity index is 2.27. The maximum atomic E-state index is 12.0. The van der Waals surface area contributed by atoms with E-state index in [4.69, 9.17) is 11.6 Å². The van der Waals surface area contributed by atoms with E-state index in [1.807, 2.05) is 18.2 Å². The standard InChI is InChI=1S/C15H9ClN4OS/c1-22-15-19-13(10(7-17)14(21)20-15)9-2-4-11-8(6-9)3-5-12(16)18-11/h2-6H,1H3,(H,19,20,21). The number of rotatable bonds is 2. The van der Waals surface area contributed by atoms with Crippen LogP contribution in [-0.4, -0.2) is 21.2 Å². The second kappa shape index (κ2) is 5.79. The molecule has 2 aromatic heterocycles. The van der Waals surface area contributed by atoms with Crippen LogP contribution >= 0.6 is 23.4 Å². The fourth-order valence-corrected chi connectivity index (χ4v) is 2.64. The van der Waals surface area contributed by atoms with Gasteiger partial charge < -0.3 is 4.98 Å². The summed E-state index contributed by atoms with van der Waals surface area (Å²) in [4.78, 5) is 23.1. The van der Waals surface area contributed by atoms with Crippen molar-refractivity contribution in [3.63, 3.8) is 0 Å². The van der Waals surface area contributed by atoms with E-state index in [2.05, 4.69) is 15.0 Å². The Bertz CT molecular complexity index is 977. The van der Waals surface area contributed by atoms with Crippen LogP contribution in [0.4, 0.5) is 0 Å². The van der Waals surface area contributed by atoms with Crippen molar-refractivity contribution < 1.29 is 0 Å². The lowest BCUT2D eigenvalue weighted by Crippen LogP contribution is -2.14. The Morgan fingerprint density at radius 3 is 2.82 bits per heavy atom. The lowest BCUT2D eigenvalue weighted by molar-refractivity contribution is 0.938. The van der Waals surface area contributed by atoms with Gasteiger partial charge in [-0.3, -0.25) is 4.79 Å². The summed E-state index contributed by atoms with van der Waals surface area (Å²) in [7, 11) is 0. The first-order chi connectivity index (χ1) is 10.6. The number of nitrogens with zero attached hydrogens (tertiary/aromatic N) is 3. The van der Waals surface area contributed by atoms with Crippen LogP contribution < -0.4 is 5.56 Å². The van der Waals surface area contributed by atoms with E-state index in [1.165, 1.54) is 11.8 Å². The molecule has 7 heteroatoms. The second-order valence-electron chi connectivity index (χ2n) is 4.45. The summed E-state index contributed by atoms with van der Waals surface area (Å²) in [6, 6.07) is 10.9. The molecule has 22 heavy (non-hydrogen) atoms. The van der Waals surface area contributed by atoms with Gasteiger partial charge in [-0.2, -0.15) is 5.26 Å². The highest BCUT2D eigenvalue weighted by atomic mass is 35.5. The Morgan fingerprint density at radius 2 is 2.09 bits per heavy atom. The van der Waals surface area contributed by atoms with Crippen LogP contribution in [0.5, 0.6) is 0 Å². The number of hydrogen-bond donors (Lipinski definition) is 1. The van der Waals surface area contributed by atoms with Gasteiger partial charge in [-0.05, 0) is 30.5 Å². The molecule has 0 aliphatic carbocycles. The van der Waals surface area contributed by atoms with Crippen molar-refractivity contribution in [1.82, 2.24) is 15.0 Å². The van der Waals surface area contributed by atoms with Gasteiger partial charge >= 0.3 is 0 Å². The van der Waals surface area contributed by atoms with Gasteiger partial charge in [0.05, 0.1) is 11.2 Å². The van der Waals surface area contributed by atoms with Crippen LogP contribution in [0.1, 0.15) is 5.56 Å². The number of aromatic amines is 1. The SMILES string of the molecule is CSc1nc(-c2ccc3nc(Cl)ccc3c2)c(C#N)c(=O)[nH]1. The molecule has 0 aliphatic rings. The molecule has 0 amide bonds. The van der Waals surface area contributed by atoms with Crippen molar-refractivity contribution in [2.75, 3.05) is 6.26 Å². The molecule has 0 saturated heterocycles. The molecule has 0 aliphatic heterocycles. The number of benzene rings is 1. The van der Waals surface area contributed by atoms with Crippen LogP contribution in [0, 0.1) is 11.3 Å². The first kappa shape index (κ1) is 14.6. The molecule has 0 saturated carbocycles. The van der Waals surface area contributed by atoms with Gasteiger partial charge in [-0.25, -0.2) is 9.97 Å². The lowest BCUT2D eigenvalue weighted by Gasteiger charge is -2.06. The molecule has 1 N–H and O–H groups in total. The molecule has 0 radical (unpaired) electrons. The van der Waals surface area contributed by atoms with E-state index in [1.54, 1.807) is 24.5 Å². The van der Waals surface area contributed by atoms with Gasteiger partial charge in [0.15, 0.2) is 5.16 Å². The zero-order valence-corrected chi connectivity index (χ0v) is 13.0. The first-order valence-electron chi connectivity index (χ1n) is 6.27. The minimum Gasteiger partial charge on any atom is -0.300 e. The minimum atomic E-state index is -0.439. The van der Waals surface area contributed by atoms with Crippen molar-refractivity contribution in [3.05, 3.63) is 51.4 Å². The Kier molecular flexibility index (Phi) is 3.84. The number of hydrogen-bond acceptors (Lipinski definition) is 5. The molecule has 5 nitrogen and oxygen atoms in total. The van der Waals surface area contributed by atoms with Crippen LogP contribution in [0.15, 0.2) is 40.3 Å². The first-order valence-corrected chi connectivity index (χ1v) is 7.87. The topological polar surface area (TPSA) is 82.4 Å². The Morgan fingerprint density at radius 1 is 1.27 bits per heavy atom. The number of H-pyrrole nitrogens is 1. The van der Waals surface area contributed by atoms with Crippen LogP contribution in [0.25, 0.3) is 22.2 Å². The number of pyridine rings is 1. The number of nitriles is 1. The molecule has 108 valence electrons. The molecule has 0 fully saturated rings. The molecule has 3 aromatic rings. The van der Waals surface area contributed by atoms with Crippen molar-refractivity contribution >= 4 is 34.3 Å². The highest BCUT2D eigenvalue weighted by Crippen LogP contribution is 2.25. The summed E-state index contributed by atoms with van der Waals surface area (Å²) in [6.45, 7) is 0. The summed E-state index contributed by atoms with van der Waals surface area (Å²) in [5.74, 6) is 0. The summed E-state index contributed by atoms with van der Waals surface area (Å²) in [5, 5.41) is 11.0. The monoisotopic (exact) mass is 328 g/mol. The zero-order valence-electron chi connectivity index (χ0n) is 11.4. The predicted molar refractivity (Wildman–Crippen MR) is 87.1 cm³/mol. The van der Waals surface area contributed by atoms with Crippen molar-refractivity contribution in [2.45, 2.75) is 5.16 Å². The van der Waals surface area contributed by atoms with E-state index >= 15 is 0 Å². The summed E-state index contributed by atoms with van der Waals surface area (Å²) in [5.41, 5.74) is 1.36. The predicted octanol–water partition coefficient (Wildman–Crippen LogP) is 3.23. The fourth-order valence-electron chi connectivity index (χ4n) is 2.11. The number of fused-ring (bicyclic) bond motifs is 1. The lowest BCUT2D eigenvalue weighted by atomic mass is 10.1. The fraction of sp³-hybridized carbons (Fsp3) is 0.0667. The average Bonchev–Trinajstić information content (AvgIpc) is 2.53. The third-order valence-corrected chi connectivity index (χ3v) is 3.92. The summed E-state index contributed by atoms with van der Waals surface area (Å²) in [6.07, 6.45) is 1.81. The van der Waals surface area contributed by atoms with Crippen molar-refractivity contribution in [2.24, 2.45) is 0 Å². The van der Waals surface area contributed by atoms with Gasteiger partial charge in [0.1, 0.15) is 16.8 Å².